The Balaban J connectivity index is 2.34. The van der Waals surface area contributed by atoms with Crippen LogP contribution in [0.2, 0.25) is 0 Å². The molecule has 1 saturated heterocycles. The van der Waals surface area contributed by atoms with Crippen LogP contribution < -0.4 is 0 Å². The van der Waals surface area contributed by atoms with Gasteiger partial charge in [-0.3, -0.25) is 4.79 Å². The second-order valence-corrected chi connectivity index (χ2v) is 3.17. The number of carbonyl (C=O) groups excluding carboxylic acids is 1. The Kier molecular flexibility index (Phi) is 4.18. The molecule has 0 unspecified atom stereocenters. The van der Waals surface area contributed by atoms with E-state index in [4.69, 9.17) is 9.47 Å². The highest BCUT2D eigenvalue weighted by atomic mass is 16.7. The Morgan fingerprint density at radius 2 is 2.38 bits per heavy atom. The van der Waals surface area contributed by atoms with Crippen LogP contribution in [0.4, 0.5) is 0 Å². The molecular formula is C9H16O4. The summed E-state index contributed by atoms with van der Waals surface area (Å²) in [6.07, 6.45) is 1.89. The first-order valence-corrected chi connectivity index (χ1v) is 4.56. The van der Waals surface area contributed by atoms with E-state index in [1.807, 2.05) is 6.92 Å². The quantitative estimate of drug-likeness (QED) is 0.608. The van der Waals surface area contributed by atoms with Gasteiger partial charge in [0.15, 0.2) is 6.29 Å². The van der Waals surface area contributed by atoms with Crippen molar-refractivity contribution in [2.24, 2.45) is 0 Å². The highest BCUT2D eigenvalue weighted by Crippen LogP contribution is 2.14. The monoisotopic (exact) mass is 188 g/mol. The molecule has 13 heavy (non-hydrogen) atoms. The predicted molar refractivity (Wildman–Crippen MR) is 46.2 cm³/mol. The van der Waals surface area contributed by atoms with Crippen LogP contribution in [0, 0.1) is 0 Å². The molecule has 1 rings (SSSR count). The molecule has 2 atom stereocenters. The largest absolute Gasteiger partial charge is 0.469 e. The van der Waals surface area contributed by atoms with Crippen LogP contribution in [0.1, 0.15) is 26.2 Å². The number of esters is 1. The molecule has 0 aromatic carbocycles. The molecule has 0 saturated carbocycles. The number of rotatable bonds is 2. The Hall–Kier alpha value is -0.610. The lowest BCUT2D eigenvalue weighted by Crippen LogP contribution is -2.23. The summed E-state index contributed by atoms with van der Waals surface area (Å²) in [6.45, 7) is 2.64. The number of hydrogen-bond donors (Lipinski definition) is 0. The highest BCUT2D eigenvalue weighted by Gasteiger charge is 2.20. The molecule has 1 fully saturated rings. The van der Waals surface area contributed by atoms with E-state index in [0.29, 0.717) is 6.61 Å². The smallest absolute Gasteiger partial charge is 0.310 e. The minimum absolute atomic E-state index is 0.164. The van der Waals surface area contributed by atoms with Gasteiger partial charge in [0.2, 0.25) is 0 Å². The molecule has 4 heteroatoms. The zero-order valence-corrected chi connectivity index (χ0v) is 8.12. The van der Waals surface area contributed by atoms with Crippen LogP contribution in [-0.2, 0) is 19.0 Å². The Morgan fingerprint density at radius 1 is 1.62 bits per heavy atom. The SMILES string of the molecule is COC(=O)C[C@H]1OCCC[C@H](C)O1. The summed E-state index contributed by atoms with van der Waals surface area (Å²) in [6, 6.07) is 0. The van der Waals surface area contributed by atoms with Gasteiger partial charge in [0.1, 0.15) is 0 Å². The van der Waals surface area contributed by atoms with Crippen LogP contribution in [0.5, 0.6) is 0 Å². The van der Waals surface area contributed by atoms with Crippen molar-refractivity contribution in [1.29, 1.82) is 0 Å². The number of hydrogen-bond acceptors (Lipinski definition) is 4. The van der Waals surface area contributed by atoms with Gasteiger partial charge in [0, 0.05) is 6.61 Å². The molecule has 1 aliphatic heterocycles. The molecular weight excluding hydrogens is 172 g/mol. The van der Waals surface area contributed by atoms with Crippen LogP contribution in [0.25, 0.3) is 0 Å². The maximum absolute atomic E-state index is 10.9. The van der Waals surface area contributed by atoms with Crippen LogP contribution in [-0.4, -0.2) is 32.1 Å². The minimum atomic E-state index is -0.426. The molecule has 0 amide bonds. The third-order valence-electron chi connectivity index (χ3n) is 2.00. The van der Waals surface area contributed by atoms with Gasteiger partial charge in [-0.05, 0) is 19.8 Å². The van der Waals surface area contributed by atoms with Crippen molar-refractivity contribution in [2.45, 2.75) is 38.6 Å². The van der Waals surface area contributed by atoms with E-state index < -0.39 is 6.29 Å². The number of carbonyl (C=O) groups is 1. The first-order valence-electron chi connectivity index (χ1n) is 4.56. The lowest BCUT2D eigenvalue weighted by atomic mass is 10.2. The normalized spacial score (nSPS) is 29.4. The van der Waals surface area contributed by atoms with Crippen LogP contribution in [0.15, 0.2) is 0 Å². The van der Waals surface area contributed by atoms with E-state index in [-0.39, 0.29) is 18.5 Å². The van der Waals surface area contributed by atoms with Gasteiger partial charge >= 0.3 is 5.97 Å². The van der Waals surface area contributed by atoms with E-state index in [0.717, 1.165) is 12.8 Å². The average molecular weight is 188 g/mol. The zero-order chi connectivity index (χ0) is 9.68. The first-order chi connectivity index (χ1) is 6.22. The molecule has 0 spiro atoms. The fraction of sp³-hybridized carbons (Fsp3) is 0.889. The van der Waals surface area contributed by atoms with Crippen molar-refractivity contribution in [3.05, 3.63) is 0 Å². The van der Waals surface area contributed by atoms with Gasteiger partial charge in [0.05, 0.1) is 19.6 Å². The molecule has 1 aliphatic rings. The standard InChI is InChI=1S/C9H16O4/c1-7-4-3-5-12-9(13-7)6-8(10)11-2/h7,9H,3-6H2,1-2H3/t7-,9-/m0/s1. The lowest BCUT2D eigenvalue weighted by molar-refractivity contribution is -0.172. The second-order valence-electron chi connectivity index (χ2n) is 3.17. The zero-order valence-electron chi connectivity index (χ0n) is 8.12. The van der Waals surface area contributed by atoms with Gasteiger partial charge in [-0.15, -0.1) is 0 Å². The van der Waals surface area contributed by atoms with E-state index >= 15 is 0 Å². The summed E-state index contributed by atoms with van der Waals surface area (Å²) in [4.78, 5) is 10.9. The van der Waals surface area contributed by atoms with Crippen molar-refractivity contribution < 1.29 is 19.0 Å². The Bertz CT molecular complexity index is 169. The maximum atomic E-state index is 10.9. The molecule has 0 bridgehead atoms. The Labute approximate surface area is 78.2 Å². The molecule has 0 N–H and O–H groups in total. The van der Waals surface area contributed by atoms with Crippen molar-refractivity contribution in [2.75, 3.05) is 13.7 Å². The lowest BCUT2D eigenvalue weighted by Gasteiger charge is -2.17. The van der Waals surface area contributed by atoms with Crippen molar-refractivity contribution in [3.63, 3.8) is 0 Å². The maximum Gasteiger partial charge on any atom is 0.310 e. The van der Waals surface area contributed by atoms with Crippen LogP contribution in [0.3, 0.4) is 0 Å². The van der Waals surface area contributed by atoms with E-state index in [2.05, 4.69) is 4.74 Å². The van der Waals surface area contributed by atoms with Gasteiger partial charge in [-0.2, -0.15) is 0 Å². The number of methoxy groups -OCH3 is 1. The number of ether oxygens (including phenoxy) is 3. The summed E-state index contributed by atoms with van der Waals surface area (Å²) < 4.78 is 15.3. The Morgan fingerprint density at radius 3 is 3.08 bits per heavy atom. The fourth-order valence-electron chi connectivity index (χ4n) is 1.28. The van der Waals surface area contributed by atoms with E-state index in [1.165, 1.54) is 7.11 Å². The topological polar surface area (TPSA) is 44.8 Å². The fourth-order valence-corrected chi connectivity index (χ4v) is 1.28. The van der Waals surface area contributed by atoms with Gasteiger partial charge in [-0.25, -0.2) is 0 Å². The van der Waals surface area contributed by atoms with Crippen LogP contribution >= 0.6 is 0 Å². The first kappa shape index (κ1) is 10.5. The second kappa shape index (κ2) is 5.19. The molecule has 0 aliphatic carbocycles. The predicted octanol–water partition coefficient (Wildman–Crippen LogP) is 1.09. The molecule has 1 heterocycles. The third kappa shape index (κ3) is 3.74. The molecule has 0 radical (unpaired) electrons. The summed E-state index contributed by atoms with van der Waals surface area (Å²) in [5, 5.41) is 0. The van der Waals surface area contributed by atoms with E-state index in [1.54, 1.807) is 0 Å². The molecule has 0 aromatic heterocycles. The van der Waals surface area contributed by atoms with Crippen molar-refractivity contribution in [3.8, 4) is 0 Å². The molecule has 76 valence electrons. The molecule has 0 aromatic rings. The third-order valence-corrected chi connectivity index (χ3v) is 2.00. The van der Waals surface area contributed by atoms with Gasteiger partial charge < -0.3 is 14.2 Å². The van der Waals surface area contributed by atoms with Crippen molar-refractivity contribution >= 4 is 5.97 Å². The summed E-state index contributed by atoms with van der Waals surface area (Å²) in [5.74, 6) is -0.292. The van der Waals surface area contributed by atoms with E-state index in [9.17, 15) is 4.79 Å². The summed E-state index contributed by atoms with van der Waals surface area (Å²) in [5.41, 5.74) is 0. The minimum Gasteiger partial charge on any atom is -0.469 e. The average Bonchev–Trinajstić information content (AvgIpc) is 2.30. The van der Waals surface area contributed by atoms with Gasteiger partial charge in [0.25, 0.3) is 0 Å². The van der Waals surface area contributed by atoms with Crippen molar-refractivity contribution in [1.82, 2.24) is 0 Å². The summed E-state index contributed by atoms with van der Waals surface area (Å²) in [7, 11) is 1.36. The highest BCUT2D eigenvalue weighted by molar-refractivity contribution is 5.69. The van der Waals surface area contributed by atoms with Gasteiger partial charge in [-0.1, -0.05) is 0 Å². The summed E-state index contributed by atoms with van der Waals surface area (Å²) >= 11 is 0. The molecule has 4 nitrogen and oxygen atoms in total.